The number of nitrogens with one attached hydrogen (secondary N) is 1. The zero-order valence-corrected chi connectivity index (χ0v) is 13.1. The summed E-state index contributed by atoms with van der Waals surface area (Å²) >= 11 is 5.88. The lowest BCUT2D eigenvalue weighted by atomic mass is 9.88. The standard InChI is InChI=1S/C18H13ClFNO2/c1-23-18(22)10-3-4-11-9(8-10)2-5-12-13-6-7-14(19)15(20)17(13)21-16(11)12/h3-4,6-8,21H,2,5H2,1H3. The fourth-order valence-electron chi connectivity index (χ4n) is 3.30. The number of carbonyl (C=O) groups excluding carboxylic acids is 1. The average molecular weight is 330 g/mol. The number of hydrogen-bond donors (Lipinski definition) is 1. The van der Waals surface area contributed by atoms with Crippen LogP contribution in [0.4, 0.5) is 4.39 Å². The van der Waals surface area contributed by atoms with Crippen LogP contribution in [-0.4, -0.2) is 18.1 Å². The second-order valence-corrected chi connectivity index (χ2v) is 6.03. The number of rotatable bonds is 1. The number of halogens is 2. The van der Waals surface area contributed by atoms with Gasteiger partial charge < -0.3 is 9.72 Å². The van der Waals surface area contributed by atoms with E-state index < -0.39 is 5.82 Å². The van der Waals surface area contributed by atoms with Crippen molar-refractivity contribution in [2.24, 2.45) is 0 Å². The molecule has 1 heterocycles. The fourth-order valence-corrected chi connectivity index (χ4v) is 3.46. The summed E-state index contributed by atoms with van der Waals surface area (Å²) in [6, 6.07) is 8.90. The van der Waals surface area contributed by atoms with Gasteiger partial charge in [-0.3, -0.25) is 0 Å². The third-order valence-corrected chi connectivity index (χ3v) is 4.70. The molecule has 23 heavy (non-hydrogen) atoms. The Morgan fingerprint density at radius 3 is 2.87 bits per heavy atom. The second kappa shape index (κ2) is 5.10. The molecule has 0 bridgehead atoms. The first-order valence-corrected chi connectivity index (χ1v) is 7.68. The molecule has 4 rings (SSSR count). The monoisotopic (exact) mass is 329 g/mol. The number of fused-ring (bicyclic) bond motifs is 5. The Hall–Kier alpha value is -2.33. The Morgan fingerprint density at radius 2 is 2.09 bits per heavy atom. The van der Waals surface area contributed by atoms with E-state index in [9.17, 15) is 9.18 Å². The molecule has 0 unspecified atom stereocenters. The van der Waals surface area contributed by atoms with Crippen molar-refractivity contribution in [3.05, 3.63) is 57.9 Å². The fraction of sp³-hybridized carbons (Fsp3) is 0.167. The van der Waals surface area contributed by atoms with Gasteiger partial charge in [0.2, 0.25) is 0 Å². The lowest BCUT2D eigenvalue weighted by molar-refractivity contribution is 0.0600. The highest BCUT2D eigenvalue weighted by Gasteiger charge is 2.23. The van der Waals surface area contributed by atoms with E-state index in [4.69, 9.17) is 16.3 Å². The van der Waals surface area contributed by atoms with Crippen LogP contribution in [0.2, 0.25) is 5.02 Å². The highest BCUT2D eigenvalue weighted by Crippen LogP contribution is 2.39. The topological polar surface area (TPSA) is 42.1 Å². The van der Waals surface area contributed by atoms with E-state index >= 15 is 0 Å². The summed E-state index contributed by atoms with van der Waals surface area (Å²) in [6.45, 7) is 0. The summed E-state index contributed by atoms with van der Waals surface area (Å²) in [7, 11) is 1.37. The zero-order chi connectivity index (χ0) is 16.1. The van der Waals surface area contributed by atoms with Gasteiger partial charge in [0.25, 0.3) is 0 Å². The molecule has 5 heteroatoms. The number of aryl methyl sites for hydroxylation is 2. The predicted octanol–water partition coefficient (Wildman–Crippen LogP) is 4.51. The van der Waals surface area contributed by atoms with Crippen molar-refractivity contribution in [3.63, 3.8) is 0 Å². The number of benzene rings is 2. The van der Waals surface area contributed by atoms with E-state index in [0.717, 1.165) is 40.6 Å². The van der Waals surface area contributed by atoms with E-state index in [2.05, 4.69) is 4.98 Å². The Bertz CT molecular complexity index is 961. The van der Waals surface area contributed by atoms with Crippen LogP contribution >= 0.6 is 11.6 Å². The Kier molecular flexibility index (Phi) is 3.16. The van der Waals surface area contributed by atoms with Crippen LogP contribution in [0, 0.1) is 5.82 Å². The minimum absolute atomic E-state index is 0.109. The van der Waals surface area contributed by atoms with Gasteiger partial charge in [-0.25, -0.2) is 9.18 Å². The molecule has 0 saturated carbocycles. The number of aromatic amines is 1. The Balaban J connectivity index is 1.93. The number of hydrogen-bond acceptors (Lipinski definition) is 2. The van der Waals surface area contributed by atoms with Gasteiger partial charge in [-0.1, -0.05) is 23.7 Å². The van der Waals surface area contributed by atoms with Crippen molar-refractivity contribution in [1.82, 2.24) is 4.98 Å². The minimum atomic E-state index is -0.425. The van der Waals surface area contributed by atoms with Crippen molar-refractivity contribution >= 4 is 28.5 Å². The maximum atomic E-state index is 14.3. The van der Waals surface area contributed by atoms with Gasteiger partial charge in [-0.05, 0) is 42.2 Å². The quantitative estimate of drug-likeness (QED) is 0.667. The molecule has 0 saturated heterocycles. The molecule has 1 aliphatic carbocycles. The number of carbonyl (C=O) groups is 1. The molecule has 3 nitrogen and oxygen atoms in total. The van der Waals surface area contributed by atoms with E-state index in [1.165, 1.54) is 7.11 Å². The maximum Gasteiger partial charge on any atom is 0.337 e. The first-order valence-electron chi connectivity index (χ1n) is 7.30. The van der Waals surface area contributed by atoms with Crippen LogP contribution in [0.15, 0.2) is 30.3 Å². The van der Waals surface area contributed by atoms with E-state index in [1.54, 1.807) is 12.1 Å². The van der Waals surface area contributed by atoms with Crippen molar-refractivity contribution < 1.29 is 13.9 Å². The molecule has 2 aromatic carbocycles. The van der Waals surface area contributed by atoms with Crippen molar-refractivity contribution in [2.75, 3.05) is 7.11 Å². The molecular formula is C18H13ClFNO2. The molecular weight excluding hydrogens is 317 g/mol. The van der Waals surface area contributed by atoms with Gasteiger partial charge in [0.15, 0.2) is 5.82 Å². The number of methoxy groups -OCH3 is 1. The lowest BCUT2D eigenvalue weighted by Gasteiger charge is -2.17. The van der Waals surface area contributed by atoms with Crippen LogP contribution in [0.25, 0.3) is 22.2 Å². The summed E-state index contributed by atoms with van der Waals surface area (Å²) < 4.78 is 19.0. The molecule has 1 aliphatic rings. The van der Waals surface area contributed by atoms with Crippen LogP contribution in [-0.2, 0) is 17.6 Å². The molecule has 0 radical (unpaired) electrons. The molecule has 0 spiro atoms. The lowest BCUT2D eigenvalue weighted by Crippen LogP contribution is -2.07. The Morgan fingerprint density at radius 1 is 1.26 bits per heavy atom. The SMILES string of the molecule is COC(=O)c1ccc2c(c1)CCc1c-2[nH]c2c(F)c(Cl)ccc12. The van der Waals surface area contributed by atoms with Gasteiger partial charge >= 0.3 is 5.97 Å². The Labute approximate surface area is 137 Å². The van der Waals surface area contributed by atoms with Gasteiger partial charge in [0.1, 0.15) is 0 Å². The summed E-state index contributed by atoms with van der Waals surface area (Å²) in [5, 5.41) is 0.974. The van der Waals surface area contributed by atoms with Gasteiger partial charge in [-0.15, -0.1) is 0 Å². The third-order valence-electron chi connectivity index (χ3n) is 4.41. The van der Waals surface area contributed by atoms with Crippen molar-refractivity contribution in [1.29, 1.82) is 0 Å². The predicted molar refractivity (Wildman–Crippen MR) is 87.5 cm³/mol. The third kappa shape index (κ3) is 2.05. The van der Waals surface area contributed by atoms with Crippen LogP contribution in [0.1, 0.15) is 21.5 Å². The smallest absolute Gasteiger partial charge is 0.337 e. The highest BCUT2D eigenvalue weighted by molar-refractivity contribution is 6.31. The number of ether oxygens (including phenoxy) is 1. The second-order valence-electron chi connectivity index (χ2n) is 5.63. The van der Waals surface area contributed by atoms with Crippen molar-refractivity contribution in [2.45, 2.75) is 12.8 Å². The molecule has 1 N–H and O–H groups in total. The summed E-state index contributed by atoms with van der Waals surface area (Å²) in [5.74, 6) is -0.778. The largest absolute Gasteiger partial charge is 0.465 e. The van der Waals surface area contributed by atoms with E-state index in [-0.39, 0.29) is 11.0 Å². The van der Waals surface area contributed by atoms with Gasteiger partial charge in [0, 0.05) is 10.9 Å². The molecule has 0 atom stereocenters. The minimum Gasteiger partial charge on any atom is -0.465 e. The average Bonchev–Trinajstić information content (AvgIpc) is 2.96. The molecule has 116 valence electrons. The highest BCUT2D eigenvalue weighted by atomic mass is 35.5. The summed E-state index contributed by atoms with van der Waals surface area (Å²) in [4.78, 5) is 14.8. The zero-order valence-electron chi connectivity index (χ0n) is 12.4. The first kappa shape index (κ1) is 14.3. The summed E-state index contributed by atoms with van der Waals surface area (Å²) in [6.07, 6.45) is 1.58. The van der Waals surface area contributed by atoms with E-state index in [1.807, 2.05) is 18.2 Å². The van der Waals surface area contributed by atoms with Crippen LogP contribution < -0.4 is 0 Å². The maximum absolute atomic E-state index is 14.3. The molecule has 0 fully saturated rings. The number of H-pyrrole nitrogens is 1. The first-order chi connectivity index (χ1) is 11.1. The molecule has 0 aliphatic heterocycles. The molecule has 0 amide bonds. The van der Waals surface area contributed by atoms with Gasteiger partial charge in [0.05, 0.1) is 28.9 Å². The normalized spacial score (nSPS) is 12.8. The number of aromatic nitrogens is 1. The summed E-state index contributed by atoms with van der Waals surface area (Å²) in [5.41, 5.74) is 5.00. The van der Waals surface area contributed by atoms with Crippen LogP contribution in [0.3, 0.4) is 0 Å². The van der Waals surface area contributed by atoms with Gasteiger partial charge in [-0.2, -0.15) is 0 Å². The number of esters is 1. The molecule has 1 aromatic heterocycles. The van der Waals surface area contributed by atoms with E-state index in [0.29, 0.717) is 11.1 Å². The van der Waals surface area contributed by atoms with Crippen molar-refractivity contribution in [3.8, 4) is 11.3 Å². The molecule has 3 aromatic rings. The van der Waals surface area contributed by atoms with Crippen LogP contribution in [0.5, 0.6) is 0 Å².